The number of nitrogens with one attached hydrogen (secondary N) is 1. The molecule has 3 heteroatoms. The van der Waals surface area contributed by atoms with Crippen LogP contribution in [0.25, 0.3) is 0 Å². The summed E-state index contributed by atoms with van der Waals surface area (Å²) >= 11 is 0. The first-order chi connectivity index (χ1) is 5.87. The van der Waals surface area contributed by atoms with E-state index in [0.29, 0.717) is 5.82 Å². The van der Waals surface area contributed by atoms with Gasteiger partial charge in [0.1, 0.15) is 5.82 Å². The normalized spacial score (nSPS) is 11.7. The zero-order valence-corrected chi connectivity index (χ0v) is 8.64. The Morgan fingerprint density at radius 2 is 2.08 bits per heavy atom. The lowest BCUT2D eigenvalue weighted by atomic mass is 9.90. The Hall–Kier alpha value is -1.12. The van der Waals surface area contributed by atoms with Crippen LogP contribution in [0.2, 0.25) is 0 Å². The summed E-state index contributed by atoms with van der Waals surface area (Å²) in [4.78, 5) is 18.0. The van der Waals surface area contributed by atoms with Gasteiger partial charge in [0.25, 0.3) is 5.56 Å². The molecule has 1 N–H and O–H groups in total. The lowest BCUT2D eigenvalue weighted by molar-refractivity contribution is 0.405. The van der Waals surface area contributed by atoms with Crippen molar-refractivity contribution >= 4 is 0 Å². The molecule has 0 aliphatic rings. The monoisotopic (exact) mass is 180 g/mol. The van der Waals surface area contributed by atoms with Gasteiger partial charge in [0.05, 0.1) is 0 Å². The molecule has 1 heterocycles. The molecular weight excluding hydrogens is 164 g/mol. The van der Waals surface area contributed by atoms with Crippen LogP contribution in [0.3, 0.4) is 0 Å². The highest BCUT2D eigenvalue weighted by atomic mass is 16.1. The van der Waals surface area contributed by atoms with Gasteiger partial charge >= 0.3 is 0 Å². The molecule has 0 saturated carbocycles. The van der Waals surface area contributed by atoms with Crippen molar-refractivity contribution in [3.8, 4) is 0 Å². The molecule has 0 aliphatic heterocycles. The van der Waals surface area contributed by atoms with Crippen molar-refractivity contribution in [3.63, 3.8) is 0 Å². The lowest BCUT2D eigenvalue weighted by Crippen LogP contribution is -2.16. The van der Waals surface area contributed by atoms with Crippen LogP contribution in [-0.4, -0.2) is 9.97 Å². The molecule has 0 bridgehead atoms. The second kappa shape index (κ2) is 3.32. The van der Waals surface area contributed by atoms with E-state index in [1.54, 1.807) is 13.0 Å². The van der Waals surface area contributed by atoms with E-state index in [2.05, 4.69) is 30.7 Å². The Balaban J connectivity index is 2.96. The maximum Gasteiger partial charge on any atom is 0.251 e. The molecule has 0 amide bonds. The van der Waals surface area contributed by atoms with Crippen LogP contribution in [0.4, 0.5) is 0 Å². The highest BCUT2D eigenvalue weighted by molar-refractivity contribution is 5.03. The van der Waals surface area contributed by atoms with Crippen LogP contribution in [0.1, 0.15) is 32.3 Å². The summed E-state index contributed by atoms with van der Waals surface area (Å²) in [6.45, 7) is 8.19. The second-order valence-electron chi connectivity index (χ2n) is 4.56. The fraction of sp³-hybridized carbons (Fsp3) is 0.600. The van der Waals surface area contributed by atoms with Crippen molar-refractivity contribution in [1.29, 1.82) is 0 Å². The van der Waals surface area contributed by atoms with Gasteiger partial charge in [0.2, 0.25) is 0 Å². The van der Waals surface area contributed by atoms with E-state index in [1.807, 2.05) is 0 Å². The molecule has 72 valence electrons. The molecule has 3 nitrogen and oxygen atoms in total. The minimum absolute atomic E-state index is 0.0632. The van der Waals surface area contributed by atoms with Crippen LogP contribution in [0.5, 0.6) is 0 Å². The first kappa shape index (κ1) is 9.96. The van der Waals surface area contributed by atoms with Crippen molar-refractivity contribution in [2.75, 3.05) is 0 Å². The molecule has 0 saturated heterocycles. The maximum atomic E-state index is 11.1. The van der Waals surface area contributed by atoms with Crippen LogP contribution >= 0.6 is 0 Å². The van der Waals surface area contributed by atoms with Crippen molar-refractivity contribution in [2.24, 2.45) is 5.41 Å². The summed E-state index contributed by atoms with van der Waals surface area (Å²) in [5.41, 5.74) is 0.980. The number of hydrogen-bond donors (Lipinski definition) is 1. The summed E-state index contributed by atoms with van der Waals surface area (Å²) in [6.07, 6.45) is 0.831. The molecule has 1 rings (SSSR count). The number of rotatable bonds is 1. The number of aromatic nitrogens is 2. The van der Waals surface area contributed by atoms with E-state index < -0.39 is 0 Å². The number of hydrogen-bond acceptors (Lipinski definition) is 2. The van der Waals surface area contributed by atoms with E-state index in [-0.39, 0.29) is 11.0 Å². The highest BCUT2D eigenvalue weighted by Crippen LogP contribution is 2.18. The minimum atomic E-state index is -0.0632. The van der Waals surface area contributed by atoms with E-state index in [0.717, 1.165) is 12.1 Å². The van der Waals surface area contributed by atoms with Crippen molar-refractivity contribution in [2.45, 2.75) is 34.1 Å². The van der Waals surface area contributed by atoms with Gasteiger partial charge in [-0.25, -0.2) is 4.98 Å². The van der Waals surface area contributed by atoms with Gasteiger partial charge in [-0.05, 0) is 18.8 Å². The van der Waals surface area contributed by atoms with Crippen molar-refractivity contribution in [3.05, 3.63) is 27.9 Å². The first-order valence-electron chi connectivity index (χ1n) is 4.44. The molecule has 13 heavy (non-hydrogen) atoms. The average Bonchev–Trinajstić information content (AvgIpc) is 1.78. The topological polar surface area (TPSA) is 45.8 Å². The van der Waals surface area contributed by atoms with E-state index >= 15 is 0 Å². The van der Waals surface area contributed by atoms with Gasteiger partial charge in [-0.2, -0.15) is 0 Å². The van der Waals surface area contributed by atoms with Gasteiger partial charge in [-0.1, -0.05) is 20.8 Å². The lowest BCUT2D eigenvalue weighted by Gasteiger charge is -2.16. The fourth-order valence-corrected chi connectivity index (χ4v) is 1.28. The smallest absolute Gasteiger partial charge is 0.251 e. The number of nitrogens with zero attached hydrogens (tertiary/aromatic N) is 1. The van der Waals surface area contributed by atoms with E-state index in [1.165, 1.54) is 0 Å². The maximum absolute atomic E-state index is 11.1. The number of H-pyrrole nitrogens is 1. The second-order valence-corrected chi connectivity index (χ2v) is 4.56. The molecule has 1 aromatic rings. The molecule has 0 unspecified atom stereocenters. The highest BCUT2D eigenvalue weighted by Gasteiger charge is 2.12. The number of aromatic amines is 1. The predicted octanol–water partition coefficient (Wildman–Crippen LogP) is 1.67. The summed E-state index contributed by atoms with van der Waals surface area (Å²) in [7, 11) is 0. The van der Waals surface area contributed by atoms with Gasteiger partial charge in [0.15, 0.2) is 0 Å². The van der Waals surface area contributed by atoms with Crippen molar-refractivity contribution in [1.82, 2.24) is 9.97 Å². The SMILES string of the molecule is Cc1nc(CC(C)(C)C)cc(=O)[nH]1. The van der Waals surface area contributed by atoms with Crippen LogP contribution in [0, 0.1) is 12.3 Å². The Morgan fingerprint density at radius 3 is 2.54 bits per heavy atom. The summed E-state index contributed by atoms with van der Waals surface area (Å²) < 4.78 is 0. The molecule has 1 aromatic heterocycles. The average molecular weight is 180 g/mol. The van der Waals surface area contributed by atoms with E-state index in [9.17, 15) is 4.79 Å². The van der Waals surface area contributed by atoms with E-state index in [4.69, 9.17) is 0 Å². The Kier molecular flexibility index (Phi) is 2.55. The Morgan fingerprint density at radius 1 is 1.46 bits per heavy atom. The molecule has 0 fully saturated rings. The zero-order valence-electron chi connectivity index (χ0n) is 8.64. The van der Waals surface area contributed by atoms with Gasteiger partial charge in [0, 0.05) is 11.8 Å². The molecule has 0 atom stereocenters. The largest absolute Gasteiger partial charge is 0.311 e. The first-order valence-corrected chi connectivity index (χ1v) is 4.44. The van der Waals surface area contributed by atoms with Crippen molar-refractivity contribution < 1.29 is 0 Å². The minimum Gasteiger partial charge on any atom is -0.311 e. The molecular formula is C10H16N2O. The van der Waals surface area contributed by atoms with Gasteiger partial charge in [-0.3, -0.25) is 4.79 Å². The third-order valence-corrected chi connectivity index (χ3v) is 1.62. The summed E-state index contributed by atoms with van der Waals surface area (Å²) in [5, 5.41) is 0. The molecule has 0 aliphatic carbocycles. The molecule has 0 aromatic carbocycles. The fourth-order valence-electron chi connectivity index (χ4n) is 1.28. The third-order valence-electron chi connectivity index (χ3n) is 1.62. The Bertz CT molecular complexity index is 347. The molecule has 0 radical (unpaired) electrons. The number of aryl methyl sites for hydroxylation is 1. The third kappa shape index (κ3) is 3.40. The van der Waals surface area contributed by atoms with Crippen LogP contribution in [-0.2, 0) is 6.42 Å². The Labute approximate surface area is 78.2 Å². The molecule has 0 spiro atoms. The zero-order chi connectivity index (χ0) is 10.1. The quantitative estimate of drug-likeness (QED) is 0.714. The van der Waals surface area contributed by atoms with Gasteiger partial charge < -0.3 is 4.98 Å². The van der Waals surface area contributed by atoms with Gasteiger partial charge in [-0.15, -0.1) is 0 Å². The summed E-state index contributed by atoms with van der Waals surface area (Å²) in [6, 6.07) is 1.57. The van der Waals surface area contributed by atoms with Crippen LogP contribution in [0.15, 0.2) is 10.9 Å². The predicted molar refractivity (Wildman–Crippen MR) is 52.8 cm³/mol. The van der Waals surface area contributed by atoms with Crippen LogP contribution < -0.4 is 5.56 Å². The standard InChI is InChI=1S/C10H16N2O/c1-7-11-8(5-9(13)12-7)6-10(2,3)4/h5H,6H2,1-4H3,(H,11,12,13). The summed E-state index contributed by atoms with van der Waals surface area (Å²) in [5.74, 6) is 0.687.